The SMILES string of the molecule is NC1CC(N2CCn3nc(C(F)(F)F)nc3C2)CO[C@@H]1c1cc(F)c(F)cc1F. The summed E-state index contributed by atoms with van der Waals surface area (Å²) in [6, 6.07) is 0.230. The first-order valence-corrected chi connectivity index (χ1v) is 8.90. The van der Waals surface area contributed by atoms with Crippen LogP contribution in [0.25, 0.3) is 0 Å². The van der Waals surface area contributed by atoms with Gasteiger partial charge in [-0.15, -0.1) is 5.10 Å². The Balaban J connectivity index is 1.46. The number of ether oxygens (including phenoxy) is 1. The van der Waals surface area contributed by atoms with Crippen LogP contribution < -0.4 is 5.73 Å². The van der Waals surface area contributed by atoms with Crippen molar-refractivity contribution in [2.75, 3.05) is 13.2 Å². The maximum absolute atomic E-state index is 14.0. The van der Waals surface area contributed by atoms with E-state index in [1.165, 1.54) is 4.68 Å². The lowest BCUT2D eigenvalue weighted by molar-refractivity contribution is -0.145. The predicted molar refractivity (Wildman–Crippen MR) is 86.8 cm³/mol. The van der Waals surface area contributed by atoms with Crippen LogP contribution >= 0.6 is 0 Å². The molecule has 2 N–H and O–H groups in total. The van der Waals surface area contributed by atoms with Crippen molar-refractivity contribution in [3.05, 3.63) is 46.8 Å². The van der Waals surface area contributed by atoms with Gasteiger partial charge >= 0.3 is 6.18 Å². The normalized spacial score (nSPS) is 25.8. The summed E-state index contributed by atoms with van der Waals surface area (Å²) in [4.78, 5) is 5.44. The van der Waals surface area contributed by atoms with Gasteiger partial charge in [-0.3, -0.25) is 4.90 Å². The molecule has 0 bridgehead atoms. The lowest BCUT2D eigenvalue weighted by atomic mass is 9.93. The molecule has 2 aromatic rings. The fourth-order valence-corrected chi connectivity index (χ4v) is 3.76. The average molecular weight is 421 g/mol. The lowest BCUT2D eigenvalue weighted by Crippen LogP contribution is -2.51. The first kappa shape index (κ1) is 20.1. The first-order valence-electron chi connectivity index (χ1n) is 8.90. The number of fused-ring (bicyclic) bond motifs is 1. The number of nitrogens with two attached hydrogens (primary N) is 1. The highest BCUT2D eigenvalue weighted by Crippen LogP contribution is 2.33. The van der Waals surface area contributed by atoms with Crippen molar-refractivity contribution in [1.82, 2.24) is 19.7 Å². The summed E-state index contributed by atoms with van der Waals surface area (Å²) in [6.45, 7) is 0.884. The van der Waals surface area contributed by atoms with Gasteiger partial charge in [-0.05, 0) is 12.5 Å². The van der Waals surface area contributed by atoms with Crippen molar-refractivity contribution in [2.24, 2.45) is 5.73 Å². The van der Waals surface area contributed by atoms with Gasteiger partial charge < -0.3 is 10.5 Å². The summed E-state index contributed by atoms with van der Waals surface area (Å²) in [6.07, 6.45) is -5.23. The average Bonchev–Trinajstić information content (AvgIpc) is 3.09. The molecule has 6 nitrogen and oxygen atoms in total. The van der Waals surface area contributed by atoms with Crippen LogP contribution in [-0.2, 0) is 24.0 Å². The summed E-state index contributed by atoms with van der Waals surface area (Å²) in [5, 5.41) is 3.48. The highest BCUT2D eigenvalue weighted by atomic mass is 19.4. The number of alkyl halides is 3. The van der Waals surface area contributed by atoms with Crippen LogP contribution in [0, 0.1) is 17.5 Å². The molecule has 3 heterocycles. The van der Waals surface area contributed by atoms with E-state index in [-0.39, 0.29) is 37.1 Å². The number of aromatic nitrogens is 3. The van der Waals surface area contributed by atoms with Crippen molar-refractivity contribution in [3.63, 3.8) is 0 Å². The van der Waals surface area contributed by atoms with Crippen LogP contribution in [-0.4, -0.2) is 44.9 Å². The summed E-state index contributed by atoms with van der Waals surface area (Å²) >= 11 is 0. The summed E-state index contributed by atoms with van der Waals surface area (Å²) in [5.74, 6) is -4.45. The van der Waals surface area contributed by atoms with Crippen LogP contribution in [0.4, 0.5) is 26.3 Å². The van der Waals surface area contributed by atoms with Gasteiger partial charge in [0, 0.05) is 30.3 Å². The Morgan fingerprint density at radius 2 is 1.79 bits per heavy atom. The van der Waals surface area contributed by atoms with Gasteiger partial charge in [0.15, 0.2) is 11.6 Å². The Bertz CT molecular complexity index is 916. The lowest BCUT2D eigenvalue weighted by Gasteiger charge is -2.41. The minimum atomic E-state index is -4.62. The quantitative estimate of drug-likeness (QED) is 0.596. The molecule has 158 valence electrons. The Morgan fingerprint density at radius 3 is 2.48 bits per heavy atom. The molecule has 1 aromatic heterocycles. The Hall–Kier alpha value is -2.18. The van der Waals surface area contributed by atoms with Crippen molar-refractivity contribution in [2.45, 2.75) is 43.9 Å². The van der Waals surface area contributed by atoms with Gasteiger partial charge in [0.2, 0.25) is 0 Å². The Labute approximate surface area is 161 Å². The van der Waals surface area contributed by atoms with E-state index >= 15 is 0 Å². The van der Waals surface area contributed by atoms with Crippen LogP contribution in [0.1, 0.15) is 29.7 Å². The highest BCUT2D eigenvalue weighted by Gasteiger charge is 2.40. The third kappa shape index (κ3) is 3.83. The molecule has 0 saturated carbocycles. The van der Waals surface area contributed by atoms with Crippen LogP contribution in [0.15, 0.2) is 12.1 Å². The largest absolute Gasteiger partial charge is 0.453 e. The van der Waals surface area contributed by atoms with Crippen molar-refractivity contribution in [1.29, 1.82) is 0 Å². The summed E-state index contributed by atoms with van der Waals surface area (Å²) in [7, 11) is 0. The number of benzene rings is 1. The molecule has 0 spiro atoms. The third-order valence-corrected chi connectivity index (χ3v) is 5.21. The van der Waals surface area contributed by atoms with Crippen molar-refractivity contribution >= 4 is 0 Å². The molecule has 0 aliphatic carbocycles. The zero-order valence-electron chi connectivity index (χ0n) is 15.0. The smallest absolute Gasteiger partial charge is 0.370 e. The predicted octanol–water partition coefficient (Wildman–Crippen LogP) is 2.39. The molecule has 2 aliphatic rings. The molecule has 1 saturated heterocycles. The molecule has 2 aliphatic heterocycles. The van der Waals surface area contributed by atoms with Gasteiger partial charge in [0.05, 0.1) is 19.7 Å². The molecule has 0 radical (unpaired) electrons. The zero-order valence-corrected chi connectivity index (χ0v) is 15.0. The topological polar surface area (TPSA) is 69.2 Å². The standard InChI is InChI=1S/C17H17F6N5O/c18-10-5-12(20)11(19)4-9(10)15-13(24)3-8(7-29-15)27-1-2-28-14(6-27)25-16(26-28)17(21,22)23/h4-5,8,13,15H,1-3,6-7,24H2/t8?,13?,15-/m1/s1. The number of rotatable bonds is 2. The van der Waals surface area contributed by atoms with E-state index in [0.29, 0.717) is 19.0 Å². The van der Waals surface area contributed by atoms with E-state index in [1.54, 1.807) is 0 Å². The van der Waals surface area contributed by atoms with Gasteiger partial charge in [-0.1, -0.05) is 0 Å². The van der Waals surface area contributed by atoms with E-state index in [0.717, 1.165) is 6.07 Å². The molecule has 1 fully saturated rings. The minimum Gasteiger partial charge on any atom is -0.370 e. The third-order valence-electron chi connectivity index (χ3n) is 5.21. The molecule has 0 amide bonds. The van der Waals surface area contributed by atoms with Crippen LogP contribution in [0.3, 0.4) is 0 Å². The second kappa shape index (κ2) is 7.26. The van der Waals surface area contributed by atoms with Gasteiger partial charge in [-0.2, -0.15) is 13.2 Å². The Kier molecular flexibility index (Phi) is 5.03. The Morgan fingerprint density at radius 1 is 1.07 bits per heavy atom. The zero-order chi connectivity index (χ0) is 20.9. The number of hydrogen-bond donors (Lipinski definition) is 1. The molecular formula is C17H17F6N5O. The molecule has 1 aromatic carbocycles. The van der Waals surface area contributed by atoms with Gasteiger partial charge in [0.1, 0.15) is 17.7 Å². The minimum absolute atomic E-state index is 0.108. The molecule has 3 atom stereocenters. The van der Waals surface area contributed by atoms with E-state index in [1.807, 2.05) is 4.90 Å². The molecule has 12 heteroatoms. The van der Waals surface area contributed by atoms with E-state index < -0.39 is 41.6 Å². The number of halogens is 6. The van der Waals surface area contributed by atoms with E-state index in [9.17, 15) is 26.3 Å². The van der Waals surface area contributed by atoms with Crippen LogP contribution in [0.2, 0.25) is 0 Å². The molecule has 2 unspecified atom stereocenters. The van der Waals surface area contributed by atoms with Crippen LogP contribution in [0.5, 0.6) is 0 Å². The van der Waals surface area contributed by atoms with E-state index in [4.69, 9.17) is 10.5 Å². The fourth-order valence-electron chi connectivity index (χ4n) is 3.76. The van der Waals surface area contributed by atoms with Crippen molar-refractivity contribution in [3.8, 4) is 0 Å². The summed E-state index contributed by atoms with van der Waals surface area (Å²) < 4.78 is 85.9. The van der Waals surface area contributed by atoms with E-state index in [2.05, 4.69) is 10.1 Å². The highest BCUT2D eigenvalue weighted by molar-refractivity contribution is 5.24. The monoisotopic (exact) mass is 421 g/mol. The number of hydrogen-bond acceptors (Lipinski definition) is 5. The maximum atomic E-state index is 14.0. The van der Waals surface area contributed by atoms with Crippen molar-refractivity contribution < 1.29 is 31.1 Å². The first-order chi connectivity index (χ1) is 13.6. The molecule has 29 heavy (non-hydrogen) atoms. The molecular weight excluding hydrogens is 404 g/mol. The number of nitrogens with zero attached hydrogens (tertiary/aromatic N) is 4. The summed E-state index contributed by atoms with van der Waals surface area (Å²) in [5.41, 5.74) is 5.94. The molecule has 4 rings (SSSR count). The van der Waals surface area contributed by atoms with Gasteiger partial charge in [-0.25, -0.2) is 22.8 Å². The fraction of sp³-hybridized carbons (Fsp3) is 0.529. The maximum Gasteiger partial charge on any atom is 0.453 e. The second-order valence-electron chi connectivity index (χ2n) is 7.14. The van der Waals surface area contributed by atoms with Gasteiger partial charge in [0.25, 0.3) is 5.82 Å². The second-order valence-corrected chi connectivity index (χ2v) is 7.14.